The smallest absolute Gasteiger partial charge is 0.263 e. The molecule has 2 N–H and O–H groups in total. The molecule has 0 spiro atoms. The van der Waals surface area contributed by atoms with E-state index >= 15 is 0 Å². The predicted molar refractivity (Wildman–Crippen MR) is 82.7 cm³/mol. The largest absolute Gasteiger partial charge is 0.481 e. The van der Waals surface area contributed by atoms with Crippen molar-refractivity contribution < 1.29 is 9.53 Å². The van der Waals surface area contributed by atoms with Crippen LogP contribution in [0, 0.1) is 0 Å². The van der Waals surface area contributed by atoms with Gasteiger partial charge >= 0.3 is 0 Å². The number of hydrogen-bond donors (Lipinski definition) is 2. The van der Waals surface area contributed by atoms with Crippen molar-refractivity contribution in [3.63, 3.8) is 0 Å². The van der Waals surface area contributed by atoms with Crippen LogP contribution in [-0.2, 0) is 4.79 Å². The molecule has 6 heteroatoms. The van der Waals surface area contributed by atoms with Gasteiger partial charge in [-0.1, -0.05) is 0 Å². The summed E-state index contributed by atoms with van der Waals surface area (Å²) >= 11 is 0. The minimum Gasteiger partial charge on any atom is -0.481 e. The van der Waals surface area contributed by atoms with Crippen molar-refractivity contribution in [3.05, 3.63) is 24.4 Å². The van der Waals surface area contributed by atoms with Crippen molar-refractivity contribution in [2.45, 2.75) is 31.4 Å². The summed E-state index contributed by atoms with van der Waals surface area (Å²) in [6.07, 6.45) is 4.27. The predicted octanol–water partition coefficient (Wildman–Crippen LogP) is 1.29. The molecule has 1 aromatic heterocycles. The molecule has 116 valence electrons. The highest BCUT2D eigenvalue weighted by molar-refractivity contribution is 5.84. The molecule has 0 unspecified atom stereocenters. The van der Waals surface area contributed by atoms with Crippen molar-refractivity contribution in [2.24, 2.45) is 0 Å². The van der Waals surface area contributed by atoms with Crippen LogP contribution >= 0.6 is 0 Å². The van der Waals surface area contributed by atoms with E-state index in [0.717, 1.165) is 55.5 Å². The minimum atomic E-state index is -0.348. The van der Waals surface area contributed by atoms with Crippen molar-refractivity contribution in [2.75, 3.05) is 19.6 Å². The highest BCUT2D eigenvalue weighted by atomic mass is 16.5. The molecule has 2 fully saturated rings. The number of likely N-dealkylation sites (tertiary alicyclic amines) is 1. The van der Waals surface area contributed by atoms with Crippen molar-refractivity contribution in [3.8, 4) is 5.75 Å². The maximum atomic E-state index is 12.6. The first-order chi connectivity index (χ1) is 10.8. The van der Waals surface area contributed by atoms with Gasteiger partial charge in [0.25, 0.3) is 5.91 Å². The molecule has 1 aromatic carbocycles. The van der Waals surface area contributed by atoms with Crippen LogP contribution in [0.4, 0.5) is 0 Å². The second kappa shape index (κ2) is 5.61. The fraction of sp³-hybridized carbons (Fsp3) is 0.500. The van der Waals surface area contributed by atoms with Gasteiger partial charge in [0.05, 0.1) is 11.7 Å². The zero-order chi connectivity index (χ0) is 14.9. The van der Waals surface area contributed by atoms with Gasteiger partial charge in [-0.15, -0.1) is 0 Å². The van der Waals surface area contributed by atoms with E-state index in [1.807, 2.05) is 23.1 Å². The lowest BCUT2D eigenvalue weighted by atomic mass is 10.1. The number of amides is 1. The average Bonchev–Trinajstić information content (AvgIpc) is 3.15. The lowest BCUT2D eigenvalue weighted by Gasteiger charge is -2.31. The molecule has 22 heavy (non-hydrogen) atoms. The Kier molecular flexibility index (Phi) is 3.46. The summed E-state index contributed by atoms with van der Waals surface area (Å²) in [5, 5.41) is 11.3. The van der Waals surface area contributed by atoms with E-state index in [4.69, 9.17) is 4.74 Å². The maximum absolute atomic E-state index is 12.6. The Balaban J connectivity index is 1.45. The molecule has 0 bridgehead atoms. The molecule has 1 amide bonds. The molecular formula is C16H20N4O2. The van der Waals surface area contributed by atoms with Gasteiger partial charge in [-0.05, 0) is 44.1 Å². The topological polar surface area (TPSA) is 70.2 Å². The molecule has 2 aliphatic rings. The summed E-state index contributed by atoms with van der Waals surface area (Å²) < 4.78 is 5.94. The highest BCUT2D eigenvalue weighted by Gasteiger charge is 2.37. The SMILES string of the molecule is O=C1[C@@H](Oc2ccc3[nH]ncc3c2)CCN1C1CCNCC1. The molecule has 6 nitrogen and oxygen atoms in total. The molecular weight excluding hydrogens is 280 g/mol. The first-order valence-electron chi connectivity index (χ1n) is 7.92. The van der Waals surface area contributed by atoms with Crippen LogP contribution in [0.2, 0.25) is 0 Å². The number of nitrogens with one attached hydrogen (secondary N) is 2. The third-order valence-electron chi connectivity index (χ3n) is 4.63. The van der Waals surface area contributed by atoms with Gasteiger partial charge in [0.1, 0.15) is 5.75 Å². The zero-order valence-corrected chi connectivity index (χ0v) is 12.4. The van der Waals surface area contributed by atoms with Crippen LogP contribution in [0.25, 0.3) is 10.9 Å². The third kappa shape index (κ3) is 2.43. The Bertz CT molecular complexity index is 678. The molecule has 2 aliphatic heterocycles. The second-order valence-corrected chi connectivity index (χ2v) is 6.03. The average molecular weight is 300 g/mol. The molecule has 0 radical (unpaired) electrons. The van der Waals surface area contributed by atoms with Gasteiger partial charge in [0, 0.05) is 24.4 Å². The number of nitrogens with zero attached hydrogens (tertiary/aromatic N) is 2. The fourth-order valence-corrected chi connectivity index (χ4v) is 3.42. The highest BCUT2D eigenvalue weighted by Crippen LogP contribution is 2.25. The normalized spacial score (nSPS) is 23.4. The molecule has 2 saturated heterocycles. The van der Waals surface area contributed by atoms with Crippen molar-refractivity contribution in [1.29, 1.82) is 0 Å². The van der Waals surface area contributed by atoms with E-state index in [-0.39, 0.29) is 12.0 Å². The summed E-state index contributed by atoms with van der Waals surface area (Å²) in [7, 11) is 0. The number of carbonyl (C=O) groups is 1. The number of piperidine rings is 1. The van der Waals surface area contributed by atoms with Crippen LogP contribution < -0.4 is 10.1 Å². The van der Waals surface area contributed by atoms with Gasteiger partial charge in [0.2, 0.25) is 0 Å². The summed E-state index contributed by atoms with van der Waals surface area (Å²) in [5.41, 5.74) is 0.974. The number of fused-ring (bicyclic) bond motifs is 1. The first kappa shape index (κ1) is 13.6. The molecule has 0 aliphatic carbocycles. The van der Waals surface area contributed by atoms with Gasteiger partial charge < -0.3 is 15.0 Å². The van der Waals surface area contributed by atoms with Gasteiger partial charge in [-0.3, -0.25) is 9.89 Å². The van der Waals surface area contributed by atoms with Crippen LogP contribution in [0.1, 0.15) is 19.3 Å². The fourth-order valence-electron chi connectivity index (χ4n) is 3.42. The van der Waals surface area contributed by atoms with E-state index in [0.29, 0.717) is 6.04 Å². The lowest BCUT2D eigenvalue weighted by molar-refractivity contribution is -0.135. The Labute approximate surface area is 128 Å². The number of aromatic nitrogens is 2. The Hall–Kier alpha value is -2.08. The van der Waals surface area contributed by atoms with Crippen LogP contribution in [0.15, 0.2) is 24.4 Å². The number of ether oxygens (including phenoxy) is 1. The molecule has 3 heterocycles. The van der Waals surface area contributed by atoms with Gasteiger partial charge in [0.15, 0.2) is 6.10 Å². The number of carbonyl (C=O) groups excluding carboxylic acids is 1. The van der Waals surface area contributed by atoms with E-state index < -0.39 is 0 Å². The summed E-state index contributed by atoms with van der Waals surface area (Å²) in [6, 6.07) is 6.13. The summed E-state index contributed by atoms with van der Waals surface area (Å²) in [5.74, 6) is 0.874. The van der Waals surface area contributed by atoms with Crippen molar-refractivity contribution in [1.82, 2.24) is 20.4 Å². The number of hydrogen-bond acceptors (Lipinski definition) is 4. The van der Waals surface area contributed by atoms with Gasteiger partial charge in [-0.25, -0.2) is 0 Å². The molecule has 0 saturated carbocycles. The van der Waals surface area contributed by atoms with Crippen LogP contribution in [-0.4, -0.2) is 52.8 Å². The Morgan fingerprint density at radius 2 is 2.09 bits per heavy atom. The van der Waals surface area contributed by atoms with E-state index in [1.165, 1.54) is 0 Å². The summed E-state index contributed by atoms with van der Waals surface area (Å²) in [6.45, 7) is 2.80. The van der Waals surface area contributed by atoms with E-state index in [1.54, 1.807) is 6.20 Å². The maximum Gasteiger partial charge on any atom is 0.263 e. The van der Waals surface area contributed by atoms with Gasteiger partial charge in [-0.2, -0.15) is 5.10 Å². The summed E-state index contributed by atoms with van der Waals surface area (Å²) in [4.78, 5) is 14.6. The van der Waals surface area contributed by atoms with Crippen molar-refractivity contribution >= 4 is 16.8 Å². The monoisotopic (exact) mass is 300 g/mol. The van der Waals surface area contributed by atoms with E-state index in [9.17, 15) is 4.79 Å². The third-order valence-corrected chi connectivity index (χ3v) is 4.63. The minimum absolute atomic E-state index is 0.138. The first-order valence-corrected chi connectivity index (χ1v) is 7.92. The Morgan fingerprint density at radius 3 is 2.95 bits per heavy atom. The molecule has 1 atom stereocenters. The standard InChI is InChI=1S/C16H20N4O2/c21-16-15(5-8-20(16)12-3-6-17-7-4-12)22-13-1-2-14-11(9-13)10-18-19-14/h1-2,9-10,12,15,17H,3-8H2,(H,18,19)/t15-/m0/s1. The zero-order valence-electron chi connectivity index (χ0n) is 12.4. The van der Waals surface area contributed by atoms with Crippen LogP contribution in [0.5, 0.6) is 5.75 Å². The number of rotatable bonds is 3. The lowest BCUT2D eigenvalue weighted by Crippen LogP contribution is -2.45. The number of H-pyrrole nitrogens is 1. The Morgan fingerprint density at radius 1 is 1.23 bits per heavy atom. The van der Waals surface area contributed by atoms with E-state index in [2.05, 4.69) is 15.5 Å². The number of benzene rings is 1. The molecule has 2 aromatic rings. The second-order valence-electron chi connectivity index (χ2n) is 6.03. The van der Waals surface area contributed by atoms with Crippen LogP contribution in [0.3, 0.4) is 0 Å². The molecule has 4 rings (SSSR count). The quantitative estimate of drug-likeness (QED) is 0.896. The number of aromatic amines is 1.